The number of carbonyl (C=O) groups excluding carboxylic acids is 2. The number of rotatable bonds is 8. The Morgan fingerprint density at radius 2 is 2.20 bits per heavy atom. The second kappa shape index (κ2) is 8.81. The van der Waals surface area contributed by atoms with E-state index in [1.165, 1.54) is 27.8 Å². The van der Waals surface area contributed by atoms with Gasteiger partial charge in [-0.3, -0.25) is 9.59 Å². The fourth-order valence-corrected chi connectivity index (χ4v) is 3.26. The van der Waals surface area contributed by atoms with Crippen molar-refractivity contribution < 1.29 is 14.3 Å². The number of anilines is 1. The number of hydrogen-bond acceptors (Lipinski definition) is 9. The number of carbonyl (C=O) groups is 2. The molecule has 2 aromatic rings. The van der Waals surface area contributed by atoms with Gasteiger partial charge < -0.3 is 15.9 Å². The first-order valence-corrected chi connectivity index (χ1v) is 9.50. The number of nitrogen functional groups attached to an aromatic ring is 1. The lowest BCUT2D eigenvalue weighted by molar-refractivity contribution is -0.142. The smallest absolute Gasteiger partial charge is 0.311 e. The van der Waals surface area contributed by atoms with Gasteiger partial charge in [-0.25, -0.2) is 9.66 Å². The second-order valence-electron chi connectivity index (χ2n) is 5.33. The maximum Gasteiger partial charge on any atom is 0.311 e. The molecular weight excluding hydrogens is 364 g/mol. The van der Waals surface area contributed by atoms with E-state index in [9.17, 15) is 9.59 Å². The van der Waals surface area contributed by atoms with Crippen molar-refractivity contribution in [2.24, 2.45) is 0 Å². The van der Waals surface area contributed by atoms with Gasteiger partial charge in [0.1, 0.15) is 0 Å². The molecule has 0 aliphatic rings. The summed E-state index contributed by atoms with van der Waals surface area (Å²) in [5.74, 6) is 6.25. The third kappa shape index (κ3) is 5.43. The van der Waals surface area contributed by atoms with Gasteiger partial charge in [0.2, 0.25) is 11.1 Å². The fourth-order valence-electron chi connectivity index (χ4n) is 1.87. The van der Waals surface area contributed by atoms with Crippen molar-refractivity contribution >= 4 is 40.1 Å². The SMILES string of the molecule is CCOC(=O)Cc1csc(NC(=O)CSc2nnc(C(C)C)n2N)n1. The van der Waals surface area contributed by atoms with Crippen molar-refractivity contribution in [3.8, 4) is 0 Å². The molecule has 0 spiro atoms. The first-order chi connectivity index (χ1) is 11.9. The molecule has 0 aromatic carbocycles. The summed E-state index contributed by atoms with van der Waals surface area (Å²) in [5.41, 5.74) is 0.565. The van der Waals surface area contributed by atoms with E-state index in [-0.39, 0.29) is 30.0 Å². The summed E-state index contributed by atoms with van der Waals surface area (Å²) in [4.78, 5) is 27.6. The van der Waals surface area contributed by atoms with Crippen LogP contribution in [-0.4, -0.2) is 44.1 Å². The minimum absolute atomic E-state index is 0.0865. The number of nitrogens with one attached hydrogen (secondary N) is 1. The van der Waals surface area contributed by atoms with Crippen molar-refractivity contribution in [2.75, 3.05) is 23.5 Å². The summed E-state index contributed by atoms with van der Waals surface area (Å²) in [6.45, 7) is 6.00. The second-order valence-corrected chi connectivity index (χ2v) is 7.13. The summed E-state index contributed by atoms with van der Waals surface area (Å²) in [6, 6.07) is 0. The highest BCUT2D eigenvalue weighted by atomic mass is 32.2. The Balaban J connectivity index is 1.84. The van der Waals surface area contributed by atoms with E-state index in [2.05, 4.69) is 20.5 Å². The zero-order chi connectivity index (χ0) is 18.4. The van der Waals surface area contributed by atoms with Crippen LogP contribution in [0, 0.1) is 0 Å². The van der Waals surface area contributed by atoms with Gasteiger partial charge in [0.05, 0.1) is 24.5 Å². The molecule has 0 aliphatic carbocycles. The zero-order valence-corrected chi connectivity index (χ0v) is 15.8. The minimum atomic E-state index is -0.343. The maximum atomic E-state index is 12.0. The summed E-state index contributed by atoms with van der Waals surface area (Å²) in [7, 11) is 0. The van der Waals surface area contributed by atoms with Gasteiger partial charge in [0.25, 0.3) is 0 Å². The van der Waals surface area contributed by atoms with E-state index in [1.54, 1.807) is 12.3 Å². The summed E-state index contributed by atoms with van der Waals surface area (Å²) < 4.78 is 6.25. The number of amides is 1. The minimum Gasteiger partial charge on any atom is -0.466 e. The van der Waals surface area contributed by atoms with Crippen LogP contribution in [0.5, 0.6) is 0 Å². The van der Waals surface area contributed by atoms with Gasteiger partial charge in [-0.2, -0.15) is 0 Å². The Hall–Kier alpha value is -2.14. The number of aromatic nitrogens is 4. The first kappa shape index (κ1) is 19.2. The average Bonchev–Trinajstić information content (AvgIpc) is 3.12. The van der Waals surface area contributed by atoms with E-state index in [0.29, 0.717) is 28.4 Å². The number of nitrogens with two attached hydrogens (primary N) is 1. The van der Waals surface area contributed by atoms with E-state index in [4.69, 9.17) is 10.6 Å². The predicted octanol–water partition coefficient (Wildman–Crippen LogP) is 1.41. The van der Waals surface area contributed by atoms with Crippen LogP contribution in [-0.2, 0) is 20.7 Å². The largest absolute Gasteiger partial charge is 0.466 e. The molecular formula is C14H20N6O3S2. The number of thioether (sulfide) groups is 1. The van der Waals surface area contributed by atoms with Crippen LogP contribution in [0.25, 0.3) is 0 Å². The molecule has 0 aliphatic heterocycles. The van der Waals surface area contributed by atoms with Crippen molar-refractivity contribution in [3.05, 3.63) is 16.9 Å². The van der Waals surface area contributed by atoms with Gasteiger partial charge in [-0.05, 0) is 6.92 Å². The highest BCUT2D eigenvalue weighted by Crippen LogP contribution is 2.20. The Kier molecular flexibility index (Phi) is 6.76. The van der Waals surface area contributed by atoms with Crippen LogP contribution in [0.15, 0.2) is 10.5 Å². The van der Waals surface area contributed by atoms with Crippen LogP contribution in [0.3, 0.4) is 0 Å². The Labute approximate surface area is 153 Å². The molecule has 2 heterocycles. The van der Waals surface area contributed by atoms with Gasteiger partial charge in [-0.1, -0.05) is 25.6 Å². The molecule has 0 unspecified atom stereocenters. The molecule has 0 saturated heterocycles. The normalized spacial score (nSPS) is 10.9. The quantitative estimate of drug-likeness (QED) is 0.397. The van der Waals surface area contributed by atoms with Crippen molar-refractivity contribution in [3.63, 3.8) is 0 Å². The van der Waals surface area contributed by atoms with Gasteiger partial charge in [-0.15, -0.1) is 21.5 Å². The predicted molar refractivity (Wildman–Crippen MR) is 96.1 cm³/mol. The summed E-state index contributed by atoms with van der Waals surface area (Å²) >= 11 is 2.44. The number of hydrogen-bond donors (Lipinski definition) is 2. The van der Waals surface area contributed by atoms with Gasteiger partial charge >= 0.3 is 5.97 Å². The topological polar surface area (TPSA) is 125 Å². The standard InChI is InChI=1S/C14H20N6O3S2/c1-4-23-11(22)5-9-6-24-13(16-9)17-10(21)7-25-14-19-18-12(8(2)3)20(14)15/h6,8H,4-5,7,15H2,1-3H3,(H,16,17,21). The number of nitrogens with zero attached hydrogens (tertiary/aromatic N) is 4. The molecule has 0 radical (unpaired) electrons. The molecule has 2 rings (SSSR count). The molecule has 0 saturated carbocycles. The van der Waals surface area contributed by atoms with E-state index >= 15 is 0 Å². The third-order valence-electron chi connectivity index (χ3n) is 2.97. The first-order valence-electron chi connectivity index (χ1n) is 7.63. The molecule has 0 atom stereocenters. The van der Waals surface area contributed by atoms with E-state index in [1.807, 2.05) is 13.8 Å². The number of ether oxygens (including phenoxy) is 1. The maximum absolute atomic E-state index is 12.0. The molecule has 1 amide bonds. The van der Waals surface area contributed by atoms with Crippen molar-refractivity contribution in [1.29, 1.82) is 0 Å². The van der Waals surface area contributed by atoms with Gasteiger partial charge in [0, 0.05) is 11.3 Å². The highest BCUT2D eigenvalue weighted by molar-refractivity contribution is 7.99. The van der Waals surface area contributed by atoms with E-state index in [0.717, 1.165) is 0 Å². The third-order valence-corrected chi connectivity index (χ3v) is 4.72. The zero-order valence-electron chi connectivity index (χ0n) is 14.2. The molecule has 9 nitrogen and oxygen atoms in total. The number of thiazole rings is 1. The summed E-state index contributed by atoms with van der Waals surface area (Å²) in [5, 5.41) is 13.3. The van der Waals surface area contributed by atoms with Crippen LogP contribution in [0.4, 0.5) is 5.13 Å². The summed E-state index contributed by atoms with van der Waals surface area (Å²) in [6.07, 6.45) is 0.0865. The Morgan fingerprint density at radius 3 is 2.84 bits per heavy atom. The molecule has 2 aromatic heterocycles. The van der Waals surface area contributed by atoms with Crippen molar-refractivity contribution in [2.45, 2.75) is 38.3 Å². The van der Waals surface area contributed by atoms with E-state index < -0.39 is 0 Å². The molecule has 136 valence electrons. The fraction of sp³-hybridized carbons (Fsp3) is 0.500. The van der Waals surface area contributed by atoms with Crippen molar-refractivity contribution in [1.82, 2.24) is 19.9 Å². The van der Waals surface area contributed by atoms with Crippen LogP contribution in [0.1, 0.15) is 38.2 Å². The lowest BCUT2D eigenvalue weighted by atomic mass is 10.2. The highest BCUT2D eigenvalue weighted by Gasteiger charge is 2.15. The van der Waals surface area contributed by atoms with Crippen LogP contribution in [0.2, 0.25) is 0 Å². The lowest BCUT2D eigenvalue weighted by Gasteiger charge is -2.05. The lowest BCUT2D eigenvalue weighted by Crippen LogP contribution is -2.17. The molecule has 11 heteroatoms. The molecule has 0 bridgehead atoms. The number of esters is 1. The van der Waals surface area contributed by atoms with Gasteiger partial charge in [0.15, 0.2) is 11.0 Å². The average molecular weight is 384 g/mol. The Bertz CT molecular complexity index is 743. The van der Waals surface area contributed by atoms with Crippen LogP contribution >= 0.6 is 23.1 Å². The Morgan fingerprint density at radius 1 is 1.44 bits per heavy atom. The molecule has 3 N–H and O–H groups in total. The molecule has 0 fully saturated rings. The molecule has 25 heavy (non-hydrogen) atoms. The van der Waals surface area contributed by atoms with Crippen LogP contribution < -0.4 is 11.2 Å². The monoisotopic (exact) mass is 384 g/mol.